The van der Waals surface area contributed by atoms with Gasteiger partial charge in [0.05, 0.1) is 26.4 Å². The van der Waals surface area contributed by atoms with Gasteiger partial charge in [-0.25, -0.2) is 9.13 Å². The number of hydrogen-bond donors (Lipinski definition) is 3. The maximum absolute atomic E-state index is 13.1. The van der Waals surface area contributed by atoms with Crippen LogP contribution in [0.1, 0.15) is 310 Å². The summed E-state index contributed by atoms with van der Waals surface area (Å²) in [6.45, 7) is 4.42. The summed E-state index contributed by atoms with van der Waals surface area (Å²) >= 11 is 0. The van der Waals surface area contributed by atoms with E-state index in [1.165, 1.54) is 19.3 Å². The average Bonchev–Trinajstić information content (AvgIpc) is 0.923. The van der Waals surface area contributed by atoms with Crippen molar-refractivity contribution in [3.8, 4) is 0 Å². The van der Waals surface area contributed by atoms with Gasteiger partial charge in [0.2, 0.25) is 0 Å². The Morgan fingerprint density at radius 2 is 0.481 bits per heavy atom. The number of phosphoric acid groups is 2. The Labute approximate surface area is 654 Å². The van der Waals surface area contributed by atoms with Crippen LogP contribution in [0.2, 0.25) is 0 Å². The van der Waals surface area contributed by atoms with Crippen molar-refractivity contribution in [2.24, 2.45) is 0 Å². The van der Waals surface area contributed by atoms with Crippen molar-refractivity contribution in [3.63, 3.8) is 0 Å². The van der Waals surface area contributed by atoms with Gasteiger partial charge in [-0.05, 0) is 173 Å². The molecule has 3 N–H and O–H groups in total. The van der Waals surface area contributed by atoms with Crippen LogP contribution in [0.25, 0.3) is 0 Å². The van der Waals surface area contributed by atoms with E-state index in [0.717, 1.165) is 205 Å². The minimum atomic E-state index is -5.00. The van der Waals surface area contributed by atoms with E-state index in [0.29, 0.717) is 32.1 Å². The third-order valence-corrected chi connectivity index (χ3v) is 18.6. The Morgan fingerprint density at radius 3 is 0.759 bits per heavy atom. The molecule has 0 saturated heterocycles. The molecule has 0 amide bonds. The molecule has 0 aliphatic heterocycles. The van der Waals surface area contributed by atoms with Crippen molar-refractivity contribution in [3.05, 3.63) is 170 Å². The summed E-state index contributed by atoms with van der Waals surface area (Å²) in [5, 5.41) is 10.7. The Bertz CT molecular complexity index is 2710. The number of rotatable bonds is 76. The highest BCUT2D eigenvalue weighted by molar-refractivity contribution is 7.47. The summed E-state index contributed by atoms with van der Waals surface area (Å²) in [6.07, 6.45) is 94.6. The van der Waals surface area contributed by atoms with Crippen LogP contribution in [0.15, 0.2) is 170 Å². The molecule has 0 saturated carbocycles. The number of carbonyl (C=O) groups excluding carboxylic acids is 4. The topological polar surface area (TPSA) is 237 Å². The van der Waals surface area contributed by atoms with Gasteiger partial charge < -0.3 is 33.8 Å². The Balaban J connectivity index is 5.44. The number of allylic oxidation sites excluding steroid dienone is 28. The van der Waals surface area contributed by atoms with Crippen molar-refractivity contribution >= 4 is 39.5 Å². The SMILES string of the molecule is CC/C=C\C/C=C\C/C=C\C/C=C\CCCCCCCCC(=O)OCC(COP(=O)(O)OCC(O)COP(=O)(O)OCC(COC(=O)CCCCCCCC/C=C\C/C=C\C/C=C\C/C=C\CC)OC(=O)CCCCCCC/C=C\C/C=C\CCCCC)OC(=O)CCCC/C=C\C/C=C\C/C=C\C/C=C\CC. The molecule has 0 heterocycles. The number of carbonyl (C=O) groups is 4. The van der Waals surface area contributed by atoms with Crippen LogP contribution in [-0.2, 0) is 65.4 Å². The number of esters is 4. The summed E-state index contributed by atoms with van der Waals surface area (Å²) < 4.78 is 68.7. The van der Waals surface area contributed by atoms with Gasteiger partial charge in [-0.15, -0.1) is 0 Å². The molecular formula is C89H146O17P2. The molecule has 0 spiro atoms. The zero-order chi connectivity index (χ0) is 78.9. The summed E-state index contributed by atoms with van der Waals surface area (Å²) in [6, 6.07) is 0. The lowest BCUT2D eigenvalue weighted by Gasteiger charge is -2.21. The van der Waals surface area contributed by atoms with Crippen molar-refractivity contribution in [1.29, 1.82) is 0 Å². The largest absolute Gasteiger partial charge is 0.472 e. The maximum atomic E-state index is 13.1. The van der Waals surface area contributed by atoms with E-state index in [-0.39, 0.29) is 25.7 Å². The first-order valence-corrected chi connectivity index (χ1v) is 44.4. The fourth-order valence-corrected chi connectivity index (χ4v) is 12.0. The molecule has 0 fully saturated rings. The molecule has 0 aromatic heterocycles. The highest BCUT2D eigenvalue weighted by Crippen LogP contribution is 2.45. The van der Waals surface area contributed by atoms with Crippen LogP contribution in [0.5, 0.6) is 0 Å². The molecule has 108 heavy (non-hydrogen) atoms. The molecule has 0 radical (unpaired) electrons. The Hall–Kier alpha value is -5.58. The molecule has 0 aromatic rings. The van der Waals surface area contributed by atoms with Crippen LogP contribution in [0.3, 0.4) is 0 Å². The quantitative estimate of drug-likeness (QED) is 0.0169. The number of phosphoric ester groups is 2. The zero-order valence-corrected chi connectivity index (χ0v) is 69.0. The fraction of sp³-hybridized carbons (Fsp3) is 0.640. The predicted molar refractivity (Wildman–Crippen MR) is 445 cm³/mol. The average molecular weight is 1550 g/mol. The van der Waals surface area contributed by atoms with E-state index in [9.17, 15) is 43.2 Å². The van der Waals surface area contributed by atoms with Gasteiger partial charge in [-0.2, -0.15) is 0 Å². The Kier molecular flexibility index (Phi) is 75.4. The minimum Gasteiger partial charge on any atom is -0.462 e. The molecular weight excluding hydrogens is 1400 g/mol. The van der Waals surface area contributed by atoms with Gasteiger partial charge in [-0.1, -0.05) is 281 Å². The predicted octanol–water partition coefficient (Wildman–Crippen LogP) is 24.6. The molecule has 17 nitrogen and oxygen atoms in total. The molecule has 0 aromatic carbocycles. The molecule has 0 rings (SSSR count). The van der Waals surface area contributed by atoms with E-state index in [1.54, 1.807) is 0 Å². The maximum Gasteiger partial charge on any atom is 0.472 e. The minimum absolute atomic E-state index is 0.0332. The second kappa shape index (κ2) is 79.5. The van der Waals surface area contributed by atoms with E-state index in [1.807, 2.05) is 0 Å². The van der Waals surface area contributed by atoms with Crippen molar-refractivity contribution in [2.75, 3.05) is 39.6 Å². The lowest BCUT2D eigenvalue weighted by Crippen LogP contribution is -2.30. The highest BCUT2D eigenvalue weighted by atomic mass is 31.2. The normalized spacial score (nSPS) is 14.7. The fourth-order valence-electron chi connectivity index (χ4n) is 10.5. The van der Waals surface area contributed by atoms with Crippen molar-refractivity contribution in [1.82, 2.24) is 0 Å². The molecule has 5 atom stereocenters. The van der Waals surface area contributed by atoms with Crippen LogP contribution < -0.4 is 0 Å². The van der Waals surface area contributed by atoms with E-state index in [2.05, 4.69) is 198 Å². The Morgan fingerprint density at radius 1 is 0.269 bits per heavy atom. The molecule has 5 unspecified atom stereocenters. The van der Waals surface area contributed by atoms with E-state index < -0.39 is 97.5 Å². The van der Waals surface area contributed by atoms with Gasteiger partial charge in [0, 0.05) is 25.7 Å². The van der Waals surface area contributed by atoms with Gasteiger partial charge in [-0.3, -0.25) is 37.3 Å². The summed E-state index contributed by atoms with van der Waals surface area (Å²) in [5.41, 5.74) is 0. The first-order valence-electron chi connectivity index (χ1n) is 41.4. The van der Waals surface area contributed by atoms with Crippen LogP contribution in [0, 0.1) is 0 Å². The third-order valence-electron chi connectivity index (χ3n) is 16.7. The smallest absolute Gasteiger partial charge is 0.462 e. The van der Waals surface area contributed by atoms with Crippen LogP contribution in [0.4, 0.5) is 0 Å². The first-order chi connectivity index (χ1) is 52.7. The van der Waals surface area contributed by atoms with Crippen LogP contribution in [-0.4, -0.2) is 96.7 Å². The van der Waals surface area contributed by atoms with Gasteiger partial charge >= 0.3 is 39.5 Å². The van der Waals surface area contributed by atoms with Crippen molar-refractivity contribution in [2.45, 2.75) is 329 Å². The number of hydrogen-bond acceptors (Lipinski definition) is 15. The summed E-state index contributed by atoms with van der Waals surface area (Å²) in [5.74, 6) is -2.28. The second-order valence-corrected chi connectivity index (χ2v) is 29.8. The number of unbranched alkanes of at least 4 members (excludes halogenated alkanes) is 22. The zero-order valence-electron chi connectivity index (χ0n) is 67.2. The molecule has 0 bridgehead atoms. The van der Waals surface area contributed by atoms with Crippen molar-refractivity contribution < 1.29 is 80.2 Å². The molecule has 614 valence electrons. The van der Waals surface area contributed by atoms with E-state index in [4.69, 9.17) is 37.0 Å². The van der Waals surface area contributed by atoms with Gasteiger partial charge in [0.15, 0.2) is 12.2 Å². The van der Waals surface area contributed by atoms with Crippen LogP contribution >= 0.6 is 15.6 Å². The monoisotopic (exact) mass is 1550 g/mol. The summed E-state index contributed by atoms with van der Waals surface area (Å²) in [7, 11) is -10.0. The van der Waals surface area contributed by atoms with Gasteiger partial charge in [0.1, 0.15) is 19.3 Å². The molecule has 19 heteroatoms. The first kappa shape index (κ1) is 102. The van der Waals surface area contributed by atoms with Gasteiger partial charge in [0.25, 0.3) is 0 Å². The highest BCUT2D eigenvalue weighted by Gasteiger charge is 2.30. The molecule has 0 aliphatic carbocycles. The number of aliphatic hydroxyl groups excluding tert-OH is 1. The number of aliphatic hydroxyl groups is 1. The molecule has 0 aliphatic rings. The lowest BCUT2D eigenvalue weighted by atomic mass is 10.1. The standard InChI is InChI=1S/C89H146O17P2/c1-5-9-13-17-21-25-29-33-37-39-41-43-47-49-53-57-61-65-69-73-86(91)99-79-84(105-88(93)75-71-67-63-59-55-51-45-35-31-27-23-19-15-11-7-3)81-103-107(95,96)101-77-83(90)78-102-108(97,98)104-82-85(106-89(94)76-72-68-64-60-56-52-46-36-32-28-24-20-16-12-8-4)80-100-87(92)74-70-66-62-58-54-50-48-44-42-40-38-34-30-26-22-18-14-10-6-2/h9-11,13-15,21-28,33-38,41-46,55,59,83-85,90H,5-8,12,16-20,29-32,39-40,47-54,56-58,60-82H2,1-4H3,(H,95,96)(H,97,98)/b13-9-,14-10-,15-11-,25-21-,26-22-,27-23-,28-24-,37-33-,38-34-,43-41-,44-42-,45-35-,46-36-,59-55-. The number of ether oxygens (including phenoxy) is 4. The van der Waals surface area contributed by atoms with E-state index >= 15 is 0 Å². The third kappa shape index (κ3) is 78.5. The lowest BCUT2D eigenvalue weighted by molar-refractivity contribution is -0.161. The second-order valence-electron chi connectivity index (χ2n) is 26.9. The summed E-state index contributed by atoms with van der Waals surface area (Å²) in [4.78, 5) is 73.2.